The van der Waals surface area contributed by atoms with E-state index in [-0.39, 0.29) is 24.0 Å². The molecule has 3 rings (SSSR count). The fraction of sp³-hybridized carbons (Fsp3) is 0.316. The molecular formula is C19H25BrIN5. The molecule has 0 radical (unpaired) electrons. The molecule has 0 aliphatic rings. The number of nitrogens with one attached hydrogen (secondary N) is 2. The number of hydrogen-bond acceptors (Lipinski definition) is 1. The monoisotopic (exact) mass is 529 g/mol. The van der Waals surface area contributed by atoms with E-state index in [4.69, 9.17) is 0 Å². The molecule has 0 amide bonds. The van der Waals surface area contributed by atoms with Gasteiger partial charge in [0.1, 0.15) is 0 Å². The Morgan fingerprint density at radius 2 is 2.08 bits per heavy atom. The molecule has 0 spiro atoms. The Labute approximate surface area is 180 Å². The number of aryl methyl sites for hydroxylation is 1. The molecule has 0 saturated carbocycles. The molecule has 0 aliphatic heterocycles. The Morgan fingerprint density at radius 1 is 1.31 bits per heavy atom. The molecule has 1 aromatic carbocycles. The van der Waals surface area contributed by atoms with Gasteiger partial charge in [0.2, 0.25) is 0 Å². The number of benzene rings is 1. The molecule has 26 heavy (non-hydrogen) atoms. The lowest BCUT2D eigenvalue weighted by Crippen LogP contribution is -2.39. The Morgan fingerprint density at radius 3 is 2.73 bits per heavy atom. The molecular weight excluding hydrogens is 505 g/mol. The van der Waals surface area contributed by atoms with E-state index in [2.05, 4.69) is 97.4 Å². The molecule has 140 valence electrons. The maximum absolute atomic E-state index is 4.39. The van der Waals surface area contributed by atoms with Gasteiger partial charge in [-0.3, -0.25) is 4.99 Å². The lowest BCUT2D eigenvalue weighted by molar-refractivity contribution is 0.462. The second-order valence-corrected chi connectivity index (χ2v) is 7.14. The largest absolute Gasteiger partial charge is 0.358 e. The number of rotatable bonds is 5. The van der Waals surface area contributed by atoms with Crippen LogP contribution in [0.15, 0.2) is 52.1 Å². The highest BCUT2D eigenvalue weighted by atomic mass is 127. The molecule has 2 heterocycles. The van der Waals surface area contributed by atoms with Crippen LogP contribution >= 0.6 is 39.9 Å². The number of para-hydroxylation sites is 1. The van der Waals surface area contributed by atoms with E-state index in [1.165, 1.54) is 22.3 Å². The minimum atomic E-state index is 0. The highest BCUT2D eigenvalue weighted by Crippen LogP contribution is 2.16. The maximum Gasteiger partial charge on any atom is 0.193 e. The topological polar surface area (TPSA) is 48.4 Å². The first kappa shape index (κ1) is 20.8. The number of nitrogens with zero attached hydrogens (tertiary/aromatic N) is 3. The van der Waals surface area contributed by atoms with E-state index in [1.54, 1.807) is 0 Å². The van der Waals surface area contributed by atoms with Crippen molar-refractivity contribution < 1.29 is 0 Å². The fourth-order valence-corrected chi connectivity index (χ4v) is 3.57. The van der Waals surface area contributed by atoms with Crippen molar-refractivity contribution >= 4 is 56.8 Å². The highest BCUT2D eigenvalue weighted by molar-refractivity contribution is 14.0. The number of fused-ring (bicyclic) bond motifs is 1. The van der Waals surface area contributed by atoms with Crippen molar-refractivity contribution in [3.05, 3.63) is 58.5 Å². The average Bonchev–Trinajstić information content (AvgIpc) is 3.13. The van der Waals surface area contributed by atoms with Gasteiger partial charge in [-0.15, -0.1) is 24.0 Å². The molecule has 0 saturated heterocycles. The van der Waals surface area contributed by atoms with Crippen molar-refractivity contribution in [1.29, 1.82) is 0 Å². The summed E-state index contributed by atoms with van der Waals surface area (Å²) in [4.78, 5) is 9.99. The summed E-state index contributed by atoms with van der Waals surface area (Å²) >= 11 is 3.52. The van der Waals surface area contributed by atoms with Crippen LogP contribution in [0, 0.1) is 0 Å². The molecule has 0 fully saturated rings. The van der Waals surface area contributed by atoms with Crippen molar-refractivity contribution in [1.82, 2.24) is 19.8 Å². The molecule has 5 nitrogen and oxygen atoms in total. The van der Waals surface area contributed by atoms with Crippen LogP contribution in [0.2, 0.25) is 0 Å². The molecule has 0 unspecified atom stereocenters. The van der Waals surface area contributed by atoms with Crippen LogP contribution in [0.5, 0.6) is 0 Å². The van der Waals surface area contributed by atoms with Crippen LogP contribution in [0.1, 0.15) is 11.4 Å². The van der Waals surface area contributed by atoms with Crippen molar-refractivity contribution in [2.75, 3.05) is 20.6 Å². The Balaban J connectivity index is 0.00000243. The summed E-state index contributed by atoms with van der Waals surface area (Å²) in [5.74, 6) is 0.897. The van der Waals surface area contributed by atoms with E-state index in [0.717, 1.165) is 29.9 Å². The van der Waals surface area contributed by atoms with E-state index >= 15 is 0 Å². The fourth-order valence-electron chi connectivity index (χ4n) is 3.00. The molecule has 2 aromatic heterocycles. The van der Waals surface area contributed by atoms with Gasteiger partial charge in [0.05, 0.1) is 6.54 Å². The summed E-state index contributed by atoms with van der Waals surface area (Å²) < 4.78 is 3.22. The number of H-pyrrole nitrogens is 1. The molecule has 0 atom stereocenters. The minimum absolute atomic E-state index is 0. The molecule has 7 heteroatoms. The lowest BCUT2D eigenvalue weighted by Gasteiger charge is -2.22. The smallest absolute Gasteiger partial charge is 0.193 e. The van der Waals surface area contributed by atoms with Crippen LogP contribution in [0.3, 0.4) is 0 Å². The van der Waals surface area contributed by atoms with E-state index in [9.17, 15) is 0 Å². The second kappa shape index (κ2) is 9.45. The molecule has 2 N–H and O–H groups in total. The third-order valence-corrected chi connectivity index (χ3v) is 4.74. The van der Waals surface area contributed by atoms with E-state index in [1.807, 2.05) is 7.05 Å². The van der Waals surface area contributed by atoms with Crippen LogP contribution in [-0.2, 0) is 20.0 Å². The van der Waals surface area contributed by atoms with Gasteiger partial charge in [-0.05, 0) is 39.5 Å². The number of aromatic amines is 1. The predicted octanol–water partition coefficient (Wildman–Crippen LogP) is 4.14. The van der Waals surface area contributed by atoms with Crippen molar-refractivity contribution in [2.45, 2.75) is 13.0 Å². The van der Waals surface area contributed by atoms with E-state index in [0.29, 0.717) is 0 Å². The van der Waals surface area contributed by atoms with Crippen molar-refractivity contribution in [2.24, 2.45) is 12.0 Å². The van der Waals surface area contributed by atoms with Gasteiger partial charge in [0.15, 0.2) is 5.96 Å². The zero-order valence-electron chi connectivity index (χ0n) is 15.3. The second-order valence-electron chi connectivity index (χ2n) is 6.22. The van der Waals surface area contributed by atoms with Gasteiger partial charge >= 0.3 is 0 Å². The third kappa shape index (κ3) is 5.03. The Bertz CT molecular complexity index is 850. The zero-order chi connectivity index (χ0) is 17.8. The van der Waals surface area contributed by atoms with Crippen LogP contribution < -0.4 is 5.32 Å². The average molecular weight is 530 g/mol. The first-order valence-corrected chi connectivity index (χ1v) is 9.15. The molecule has 0 aliphatic carbocycles. The first-order valence-electron chi connectivity index (χ1n) is 8.36. The van der Waals surface area contributed by atoms with E-state index < -0.39 is 0 Å². The van der Waals surface area contributed by atoms with Crippen LogP contribution in [0.4, 0.5) is 0 Å². The summed E-state index contributed by atoms with van der Waals surface area (Å²) in [5.41, 5.74) is 3.65. The summed E-state index contributed by atoms with van der Waals surface area (Å²) in [5, 5.41) is 4.70. The summed E-state index contributed by atoms with van der Waals surface area (Å²) in [6.07, 6.45) is 2.99. The van der Waals surface area contributed by atoms with Gasteiger partial charge < -0.3 is 19.8 Å². The molecule has 3 aromatic rings. The Hall–Kier alpha value is -1.48. The zero-order valence-corrected chi connectivity index (χ0v) is 19.2. The van der Waals surface area contributed by atoms with Crippen LogP contribution in [-0.4, -0.2) is 41.1 Å². The number of hydrogen-bond donors (Lipinski definition) is 2. The number of guanidine groups is 1. The predicted molar refractivity (Wildman–Crippen MR) is 123 cm³/mol. The normalized spacial score (nSPS) is 11.5. The highest BCUT2D eigenvalue weighted by Gasteiger charge is 2.09. The van der Waals surface area contributed by atoms with Crippen molar-refractivity contribution in [3.8, 4) is 0 Å². The Kier molecular flexibility index (Phi) is 7.57. The lowest BCUT2D eigenvalue weighted by atomic mass is 10.2. The summed E-state index contributed by atoms with van der Waals surface area (Å²) in [6.45, 7) is 1.63. The number of aliphatic imine (C=N–C) groups is 1. The summed E-state index contributed by atoms with van der Waals surface area (Å²) in [7, 11) is 5.93. The van der Waals surface area contributed by atoms with Crippen LogP contribution in [0.25, 0.3) is 10.9 Å². The SMILES string of the molecule is CN=C(NCCc1cc2ccccc2[nH]1)N(C)Cc1cc(Br)cn1C.I. The van der Waals surface area contributed by atoms with Gasteiger partial charge in [0, 0.05) is 61.7 Å². The van der Waals surface area contributed by atoms with Crippen molar-refractivity contribution in [3.63, 3.8) is 0 Å². The minimum Gasteiger partial charge on any atom is -0.358 e. The standard InChI is InChI=1S/C19H24BrN5.HI/c1-21-19(25(3)13-17-11-15(20)12-24(17)2)22-9-8-16-10-14-6-4-5-7-18(14)23-16;/h4-7,10-12,23H,8-9,13H2,1-3H3,(H,21,22);1H. The van der Waals surface area contributed by atoms with Gasteiger partial charge in [-0.25, -0.2) is 0 Å². The first-order chi connectivity index (χ1) is 12.1. The number of aromatic nitrogens is 2. The molecule has 0 bridgehead atoms. The maximum atomic E-state index is 4.39. The van der Waals surface area contributed by atoms with Gasteiger partial charge in [-0.2, -0.15) is 0 Å². The third-order valence-electron chi connectivity index (χ3n) is 4.31. The van der Waals surface area contributed by atoms with Gasteiger partial charge in [0.25, 0.3) is 0 Å². The quantitative estimate of drug-likeness (QED) is 0.296. The summed E-state index contributed by atoms with van der Waals surface area (Å²) in [6, 6.07) is 12.7. The van der Waals surface area contributed by atoms with Gasteiger partial charge in [-0.1, -0.05) is 18.2 Å². The number of halogens is 2.